The van der Waals surface area contributed by atoms with Crippen LogP contribution < -0.4 is 5.32 Å². The van der Waals surface area contributed by atoms with Crippen molar-refractivity contribution in [2.45, 2.75) is 19.4 Å². The Hall–Kier alpha value is -1.80. The average Bonchev–Trinajstić information content (AvgIpc) is 2.90. The highest BCUT2D eigenvalue weighted by molar-refractivity contribution is 5.85. The number of nitrogens with one attached hydrogen (secondary N) is 1. The van der Waals surface area contributed by atoms with Crippen molar-refractivity contribution in [1.29, 1.82) is 5.26 Å². The minimum Gasteiger partial charge on any atom is -0.472 e. The van der Waals surface area contributed by atoms with E-state index in [1.807, 2.05) is 0 Å². The maximum Gasteiger partial charge on any atom is 0.240 e. The molecule has 1 fully saturated rings. The molecule has 0 aliphatic carbocycles. The smallest absolute Gasteiger partial charge is 0.240 e. The van der Waals surface area contributed by atoms with Gasteiger partial charge in [0.1, 0.15) is 5.41 Å². The van der Waals surface area contributed by atoms with Gasteiger partial charge in [0, 0.05) is 25.3 Å². The van der Waals surface area contributed by atoms with Crippen molar-refractivity contribution in [3.05, 3.63) is 24.2 Å². The quantitative estimate of drug-likeness (QED) is 0.853. The number of hydrogen-bond donors (Lipinski definition) is 1. The molecule has 90 valence electrons. The lowest BCUT2D eigenvalue weighted by Gasteiger charge is -2.29. The summed E-state index contributed by atoms with van der Waals surface area (Å²) in [6.45, 7) is 1.32. The molecule has 1 aliphatic rings. The second kappa shape index (κ2) is 5.02. The zero-order valence-electron chi connectivity index (χ0n) is 9.44. The van der Waals surface area contributed by atoms with Gasteiger partial charge in [0.05, 0.1) is 18.6 Å². The molecule has 5 heteroatoms. The average molecular weight is 234 g/mol. The van der Waals surface area contributed by atoms with Crippen molar-refractivity contribution in [1.82, 2.24) is 5.32 Å². The Balaban J connectivity index is 1.96. The fraction of sp³-hybridized carbons (Fsp3) is 0.500. The molecule has 0 bridgehead atoms. The van der Waals surface area contributed by atoms with Crippen LogP contribution in [0.1, 0.15) is 18.4 Å². The molecule has 2 rings (SSSR count). The second-order valence-corrected chi connectivity index (χ2v) is 4.12. The Morgan fingerprint density at radius 3 is 2.88 bits per heavy atom. The van der Waals surface area contributed by atoms with Crippen LogP contribution in [0.2, 0.25) is 0 Å². The minimum atomic E-state index is -0.929. The van der Waals surface area contributed by atoms with Gasteiger partial charge >= 0.3 is 0 Å². The maximum absolute atomic E-state index is 12.0. The van der Waals surface area contributed by atoms with E-state index in [2.05, 4.69) is 11.4 Å². The van der Waals surface area contributed by atoms with Crippen molar-refractivity contribution in [3.63, 3.8) is 0 Å². The standard InChI is InChI=1S/C12H14N2O3/c13-9-12(2-5-16-6-3-12)11(15)14-7-10-1-4-17-8-10/h1,4,8H,2-3,5-7H2,(H,14,15). The number of nitriles is 1. The van der Waals surface area contributed by atoms with Crippen molar-refractivity contribution in [3.8, 4) is 6.07 Å². The summed E-state index contributed by atoms with van der Waals surface area (Å²) in [6.07, 6.45) is 4.04. The fourth-order valence-corrected chi connectivity index (χ4v) is 1.85. The topological polar surface area (TPSA) is 75.3 Å². The summed E-state index contributed by atoms with van der Waals surface area (Å²) in [6, 6.07) is 3.91. The molecule has 2 heterocycles. The van der Waals surface area contributed by atoms with Crippen molar-refractivity contribution < 1.29 is 13.9 Å². The predicted octanol–water partition coefficient (Wildman–Crippen LogP) is 1.22. The molecule has 1 aromatic rings. The highest BCUT2D eigenvalue weighted by Crippen LogP contribution is 2.29. The summed E-state index contributed by atoms with van der Waals surface area (Å²) in [5.74, 6) is -0.218. The minimum absolute atomic E-state index is 0.218. The largest absolute Gasteiger partial charge is 0.472 e. The highest BCUT2D eigenvalue weighted by Gasteiger charge is 2.40. The fourth-order valence-electron chi connectivity index (χ4n) is 1.85. The Morgan fingerprint density at radius 2 is 2.29 bits per heavy atom. The Labute approximate surface area is 99.4 Å². The van der Waals surface area contributed by atoms with Gasteiger partial charge in [-0.3, -0.25) is 4.79 Å². The van der Waals surface area contributed by atoms with Gasteiger partial charge in [0.25, 0.3) is 0 Å². The molecule has 0 unspecified atom stereocenters. The molecule has 0 radical (unpaired) electrons. The van der Waals surface area contributed by atoms with E-state index in [-0.39, 0.29) is 5.91 Å². The van der Waals surface area contributed by atoms with Crippen LogP contribution in [0.25, 0.3) is 0 Å². The first-order chi connectivity index (χ1) is 8.27. The summed E-state index contributed by atoms with van der Waals surface area (Å²) in [5, 5.41) is 12.0. The Kier molecular flexibility index (Phi) is 3.45. The van der Waals surface area contributed by atoms with Gasteiger partial charge < -0.3 is 14.5 Å². The summed E-state index contributed by atoms with van der Waals surface area (Å²) in [5.41, 5.74) is -0.0411. The Morgan fingerprint density at radius 1 is 1.53 bits per heavy atom. The zero-order valence-corrected chi connectivity index (χ0v) is 9.44. The van der Waals surface area contributed by atoms with Crippen molar-refractivity contribution in [2.75, 3.05) is 13.2 Å². The number of hydrogen-bond acceptors (Lipinski definition) is 4. The number of amides is 1. The van der Waals surface area contributed by atoms with Crippen molar-refractivity contribution >= 4 is 5.91 Å². The van der Waals surface area contributed by atoms with Crippen LogP contribution in [0, 0.1) is 16.7 Å². The molecule has 1 amide bonds. The molecule has 0 atom stereocenters. The molecule has 0 saturated carbocycles. The summed E-state index contributed by atoms with van der Waals surface area (Å²) < 4.78 is 10.1. The highest BCUT2D eigenvalue weighted by atomic mass is 16.5. The summed E-state index contributed by atoms with van der Waals surface area (Å²) in [4.78, 5) is 12.0. The number of carbonyl (C=O) groups is 1. The first kappa shape index (κ1) is 11.7. The second-order valence-electron chi connectivity index (χ2n) is 4.12. The van der Waals surface area contributed by atoms with Gasteiger partial charge in [0.2, 0.25) is 5.91 Å². The van der Waals surface area contributed by atoms with E-state index in [0.29, 0.717) is 32.6 Å². The molecule has 1 aliphatic heterocycles. The van der Waals surface area contributed by atoms with E-state index in [4.69, 9.17) is 9.15 Å². The lowest BCUT2D eigenvalue weighted by molar-refractivity contribution is -0.132. The number of furan rings is 1. The van der Waals surface area contributed by atoms with Crippen LogP contribution >= 0.6 is 0 Å². The summed E-state index contributed by atoms with van der Waals surface area (Å²) in [7, 11) is 0. The molecule has 0 aromatic carbocycles. The summed E-state index contributed by atoms with van der Waals surface area (Å²) >= 11 is 0. The van der Waals surface area contributed by atoms with Gasteiger partial charge in [0.15, 0.2) is 0 Å². The van der Waals surface area contributed by atoms with Crippen LogP contribution in [0.5, 0.6) is 0 Å². The van der Waals surface area contributed by atoms with Gasteiger partial charge in [-0.15, -0.1) is 0 Å². The van der Waals surface area contributed by atoms with Crippen LogP contribution in [0.3, 0.4) is 0 Å². The SMILES string of the molecule is N#CC1(C(=O)NCc2ccoc2)CCOCC1. The van der Waals surface area contributed by atoms with E-state index in [0.717, 1.165) is 5.56 Å². The third kappa shape index (κ3) is 2.48. The predicted molar refractivity (Wildman–Crippen MR) is 58.7 cm³/mol. The Bertz CT molecular complexity index is 413. The molecule has 17 heavy (non-hydrogen) atoms. The molecule has 1 aromatic heterocycles. The number of rotatable bonds is 3. The molecule has 1 N–H and O–H groups in total. The van der Waals surface area contributed by atoms with Gasteiger partial charge in [-0.1, -0.05) is 0 Å². The van der Waals surface area contributed by atoms with Crippen LogP contribution in [-0.2, 0) is 16.1 Å². The van der Waals surface area contributed by atoms with E-state index in [1.54, 1.807) is 18.6 Å². The lowest BCUT2D eigenvalue weighted by Crippen LogP contribution is -2.43. The van der Waals surface area contributed by atoms with Crippen LogP contribution in [-0.4, -0.2) is 19.1 Å². The monoisotopic (exact) mass is 234 g/mol. The number of ether oxygens (including phenoxy) is 1. The van der Waals surface area contributed by atoms with Crippen LogP contribution in [0.4, 0.5) is 0 Å². The molecular formula is C12H14N2O3. The number of nitrogens with zero attached hydrogens (tertiary/aromatic N) is 1. The van der Waals surface area contributed by atoms with E-state index < -0.39 is 5.41 Å². The third-order valence-corrected chi connectivity index (χ3v) is 3.03. The molecule has 1 saturated heterocycles. The third-order valence-electron chi connectivity index (χ3n) is 3.03. The van der Waals surface area contributed by atoms with Gasteiger partial charge in [-0.2, -0.15) is 5.26 Å². The van der Waals surface area contributed by atoms with Crippen LogP contribution in [0.15, 0.2) is 23.0 Å². The first-order valence-electron chi connectivity index (χ1n) is 5.55. The molecule has 0 spiro atoms. The zero-order chi connectivity index (χ0) is 12.1. The van der Waals surface area contributed by atoms with Gasteiger partial charge in [-0.25, -0.2) is 0 Å². The number of carbonyl (C=O) groups excluding carboxylic acids is 1. The normalized spacial score (nSPS) is 18.3. The van der Waals surface area contributed by atoms with E-state index in [1.165, 1.54) is 0 Å². The van der Waals surface area contributed by atoms with Crippen molar-refractivity contribution in [2.24, 2.45) is 5.41 Å². The van der Waals surface area contributed by atoms with E-state index in [9.17, 15) is 10.1 Å². The van der Waals surface area contributed by atoms with E-state index >= 15 is 0 Å². The lowest BCUT2D eigenvalue weighted by atomic mass is 9.81. The maximum atomic E-state index is 12.0. The first-order valence-corrected chi connectivity index (χ1v) is 5.55. The van der Waals surface area contributed by atoms with Gasteiger partial charge in [-0.05, 0) is 18.9 Å². The molecular weight excluding hydrogens is 220 g/mol. The molecule has 5 nitrogen and oxygen atoms in total.